The van der Waals surface area contributed by atoms with E-state index in [0.717, 1.165) is 27.6 Å². The van der Waals surface area contributed by atoms with Gasteiger partial charge in [0.25, 0.3) is 5.91 Å². The minimum atomic E-state index is -0.256. The predicted octanol–water partition coefficient (Wildman–Crippen LogP) is 3.42. The SMILES string of the molecule is COc1ccc(-c2nc(NC(=O)c3cc(C)n(C)n3)sc2C)cc1. The van der Waals surface area contributed by atoms with Crippen LogP contribution in [-0.4, -0.2) is 27.8 Å². The molecule has 0 unspecified atom stereocenters. The molecular weight excluding hydrogens is 324 g/mol. The number of aromatic nitrogens is 3. The van der Waals surface area contributed by atoms with Crippen molar-refractivity contribution >= 4 is 22.4 Å². The number of aryl methyl sites for hydroxylation is 3. The van der Waals surface area contributed by atoms with E-state index in [1.807, 2.05) is 38.1 Å². The zero-order valence-corrected chi connectivity index (χ0v) is 14.8. The number of benzene rings is 1. The molecule has 3 aromatic rings. The lowest BCUT2D eigenvalue weighted by atomic mass is 10.1. The van der Waals surface area contributed by atoms with Gasteiger partial charge in [-0.2, -0.15) is 5.10 Å². The normalized spacial score (nSPS) is 10.7. The second-order valence-electron chi connectivity index (χ2n) is 5.40. The lowest BCUT2D eigenvalue weighted by Crippen LogP contribution is -2.12. The molecule has 0 fully saturated rings. The summed E-state index contributed by atoms with van der Waals surface area (Å²) in [5.74, 6) is 0.541. The molecule has 24 heavy (non-hydrogen) atoms. The van der Waals surface area contributed by atoms with Crippen LogP contribution in [0.15, 0.2) is 30.3 Å². The predicted molar refractivity (Wildman–Crippen MR) is 94.7 cm³/mol. The zero-order chi connectivity index (χ0) is 17.3. The van der Waals surface area contributed by atoms with Crippen molar-refractivity contribution < 1.29 is 9.53 Å². The molecule has 124 valence electrons. The molecule has 0 atom stereocenters. The maximum absolute atomic E-state index is 12.3. The van der Waals surface area contributed by atoms with Gasteiger partial charge in [0, 0.05) is 23.2 Å². The van der Waals surface area contributed by atoms with E-state index in [1.54, 1.807) is 24.9 Å². The Morgan fingerprint density at radius 2 is 1.96 bits per heavy atom. The molecule has 0 aliphatic carbocycles. The first kappa shape index (κ1) is 16.2. The van der Waals surface area contributed by atoms with E-state index in [0.29, 0.717) is 10.8 Å². The van der Waals surface area contributed by atoms with Crippen molar-refractivity contribution in [2.24, 2.45) is 7.05 Å². The number of nitrogens with one attached hydrogen (secondary N) is 1. The van der Waals surface area contributed by atoms with Crippen molar-refractivity contribution in [2.45, 2.75) is 13.8 Å². The molecule has 1 N–H and O–H groups in total. The van der Waals surface area contributed by atoms with Crippen LogP contribution in [0.5, 0.6) is 5.75 Å². The number of amides is 1. The summed E-state index contributed by atoms with van der Waals surface area (Å²) in [6.45, 7) is 3.89. The quantitative estimate of drug-likeness (QED) is 0.789. The first-order chi connectivity index (χ1) is 11.5. The van der Waals surface area contributed by atoms with E-state index >= 15 is 0 Å². The van der Waals surface area contributed by atoms with Gasteiger partial charge in [-0.1, -0.05) is 0 Å². The molecule has 0 saturated heterocycles. The molecule has 0 aliphatic rings. The van der Waals surface area contributed by atoms with E-state index in [4.69, 9.17) is 4.74 Å². The fourth-order valence-electron chi connectivity index (χ4n) is 2.30. The lowest BCUT2D eigenvalue weighted by molar-refractivity contribution is 0.102. The van der Waals surface area contributed by atoms with Gasteiger partial charge in [0.2, 0.25) is 0 Å². The van der Waals surface area contributed by atoms with Crippen LogP contribution < -0.4 is 10.1 Å². The third-order valence-corrected chi connectivity index (χ3v) is 4.61. The summed E-state index contributed by atoms with van der Waals surface area (Å²) in [5.41, 5.74) is 3.15. The Morgan fingerprint density at radius 1 is 1.25 bits per heavy atom. The van der Waals surface area contributed by atoms with Gasteiger partial charge < -0.3 is 4.74 Å². The molecule has 2 heterocycles. The van der Waals surface area contributed by atoms with Gasteiger partial charge in [-0.3, -0.25) is 14.8 Å². The molecular formula is C17H18N4O2S. The number of methoxy groups -OCH3 is 1. The Hall–Kier alpha value is -2.67. The molecule has 0 saturated carbocycles. The minimum Gasteiger partial charge on any atom is -0.497 e. The van der Waals surface area contributed by atoms with Crippen molar-refractivity contribution in [3.8, 4) is 17.0 Å². The summed E-state index contributed by atoms with van der Waals surface area (Å²) in [7, 11) is 3.44. The average Bonchev–Trinajstić information content (AvgIpc) is 3.10. The second-order valence-corrected chi connectivity index (χ2v) is 6.60. The Balaban J connectivity index is 1.81. The summed E-state index contributed by atoms with van der Waals surface area (Å²) in [5, 5.41) is 7.56. The zero-order valence-electron chi connectivity index (χ0n) is 14.0. The molecule has 0 spiro atoms. The fourth-order valence-corrected chi connectivity index (χ4v) is 3.13. The summed E-state index contributed by atoms with van der Waals surface area (Å²) in [4.78, 5) is 17.9. The van der Waals surface area contributed by atoms with Crippen LogP contribution in [0.4, 0.5) is 5.13 Å². The first-order valence-electron chi connectivity index (χ1n) is 7.42. The first-order valence-corrected chi connectivity index (χ1v) is 8.23. The molecule has 3 rings (SSSR count). The van der Waals surface area contributed by atoms with E-state index in [-0.39, 0.29) is 5.91 Å². The minimum absolute atomic E-state index is 0.256. The van der Waals surface area contributed by atoms with Crippen LogP contribution in [0, 0.1) is 13.8 Å². The average molecular weight is 342 g/mol. The number of rotatable bonds is 4. The standard InChI is InChI=1S/C17H18N4O2S/c1-10-9-14(20-21(10)3)16(22)19-17-18-15(11(2)24-17)12-5-7-13(23-4)8-6-12/h5-9H,1-4H3,(H,18,19,22). The third-order valence-electron chi connectivity index (χ3n) is 3.73. The van der Waals surface area contributed by atoms with Crippen molar-refractivity contribution in [3.05, 3.63) is 46.6 Å². The van der Waals surface area contributed by atoms with E-state index in [1.165, 1.54) is 11.3 Å². The second kappa shape index (κ2) is 6.45. The van der Waals surface area contributed by atoms with E-state index in [9.17, 15) is 4.79 Å². The molecule has 7 heteroatoms. The van der Waals surface area contributed by atoms with Gasteiger partial charge in [0.15, 0.2) is 10.8 Å². The van der Waals surface area contributed by atoms with Crippen LogP contribution in [0.2, 0.25) is 0 Å². The molecule has 1 amide bonds. The van der Waals surface area contributed by atoms with Crippen LogP contribution in [0.1, 0.15) is 21.1 Å². The van der Waals surface area contributed by atoms with Crippen molar-refractivity contribution in [1.29, 1.82) is 0 Å². The molecule has 2 aromatic heterocycles. The lowest BCUT2D eigenvalue weighted by Gasteiger charge is -2.01. The number of carbonyl (C=O) groups excluding carboxylic acids is 1. The summed E-state index contributed by atoms with van der Waals surface area (Å²) in [6.07, 6.45) is 0. The molecule has 0 bridgehead atoms. The Bertz CT molecular complexity index is 861. The Kier molecular flexibility index (Phi) is 4.35. The Labute approximate surface area is 144 Å². The molecule has 0 aliphatic heterocycles. The van der Waals surface area contributed by atoms with Gasteiger partial charge in [0.05, 0.1) is 12.8 Å². The third kappa shape index (κ3) is 3.16. The van der Waals surface area contributed by atoms with Crippen LogP contribution in [-0.2, 0) is 7.05 Å². The number of hydrogen-bond donors (Lipinski definition) is 1. The maximum Gasteiger partial charge on any atom is 0.277 e. The summed E-state index contributed by atoms with van der Waals surface area (Å²) >= 11 is 1.44. The van der Waals surface area contributed by atoms with Crippen LogP contribution in [0.3, 0.4) is 0 Å². The van der Waals surface area contributed by atoms with Gasteiger partial charge in [-0.25, -0.2) is 4.98 Å². The van der Waals surface area contributed by atoms with Crippen LogP contribution in [0.25, 0.3) is 11.3 Å². The van der Waals surface area contributed by atoms with Gasteiger partial charge in [0.1, 0.15) is 5.75 Å². The highest BCUT2D eigenvalue weighted by Crippen LogP contribution is 2.31. The molecule has 0 radical (unpaired) electrons. The highest BCUT2D eigenvalue weighted by atomic mass is 32.1. The monoisotopic (exact) mass is 342 g/mol. The number of carbonyl (C=O) groups is 1. The smallest absolute Gasteiger partial charge is 0.277 e. The highest BCUT2D eigenvalue weighted by molar-refractivity contribution is 7.16. The van der Waals surface area contributed by atoms with Gasteiger partial charge >= 0.3 is 0 Å². The largest absolute Gasteiger partial charge is 0.497 e. The number of hydrogen-bond acceptors (Lipinski definition) is 5. The van der Waals surface area contributed by atoms with Gasteiger partial charge in [-0.05, 0) is 44.2 Å². The number of thiazole rings is 1. The van der Waals surface area contributed by atoms with Crippen LogP contribution >= 0.6 is 11.3 Å². The fraction of sp³-hybridized carbons (Fsp3) is 0.235. The topological polar surface area (TPSA) is 69.0 Å². The van der Waals surface area contributed by atoms with E-state index < -0.39 is 0 Å². The van der Waals surface area contributed by atoms with Crippen molar-refractivity contribution in [3.63, 3.8) is 0 Å². The summed E-state index contributed by atoms with van der Waals surface area (Å²) < 4.78 is 6.84. The summed E-state index contributed by atoms with van der Waals surface area (Å²) in [6, 6.07) is 9.44. The molecule has 1 aromatic carbocycles. The van der Waals surface area contributed by atoms with Crippen molar-refractivity contribution in [1.82, 2.24) is 14.8 Å². The number of anilines is 1. The number of ether oxygens (including phenoxy) is 1. The Morgan fingerprint density at radius 3 is 2.54 bits per heavy atom. The number of nitrogens with zero attached hydrogens (tertiary/aromatic N) is 3. The van der Waals surface area contributed by atoms with Gasteiger partial charge in [-0.15, -0.1) is 11.3 Å². The molecule has 6 nitrogen and oxygen atoms in total. The van der Waals surface area contributed by atoms with Crippen molar-refractivity contribution in [2.75, 3.05) is 12.4 Å². The van der Waals surface area contributed by atoms with E-state index in [2.05, 4.69) is 15.4 Å². The maximum atomic E-state index is 12.3. The highest BCUT2D eigenvalue weighted by Gasteiger charge is 2.15.